The summed E-state index contributed by atoms with van der Waals surface area (Å²) in [6, 6.07) is 0. The third-order valence-electron chi connectivity index (χ3n) is 2.80. The van der Waals surface area contributed by atoms with Gasteiger partial charge in [0.15, 0.2) is 0 Å². The molecule has 0 aromatic heterocycles. The monoisotopic (exact) mass is 268 g/mol. The second-order valence-electron chi connectivity index (χ2n) is 3.60. The van der Waals surface area contributed by atoms with E-state index in [0.29, 0.717) is 6.61 Å². The van der Waals surface area contributed by atoms with E-state index in [9.17, 15) is 0 Å². The molecule has 1 N–H and O–H groups in total. The van der Waals surface area contributed by atoms with Gasteiger partial charge in [0.25, 0.3) is 0 Å². The quantitative estimate of drug-likeness (QED) is 0.616. The van der Waals surface area contributed by atoms with Crippen LogP contribution in [0.5, 0.6) is 0 Å². The second kappa shape index (κ2) is 4.65. The first-order chi connectivity index (χ1) is 5.25. The largest absolute Gasteiger partial charge is 0.396 e. The number of aliphatic hydroxyl groups excluding tert-OH is 1. The summed E-state index contributed by atoms with van der Waals surface area (Å²) >= 11 is 2.57. The van der Waals surface area contributed by atoms with Crippen molar-refractivity contribution >= 4 is 22.6 Å². The molecule has 1 aliphatic rings. The van der Waals surface area contributed by atoms with Gasteiger partial charge in [-0.05, 0) is 31.1 Å². The smallest absolute Gasteiger partial charge is 0.0433 e. The number of hydrogen-bond acceptors (Lipinski definition) is 1. The summed E-state index contributed by atoms with van der Waals surface area (Å²) in [5, 5.41) is 8.78. The van der Waals surface area contributed by atoms with Crippen LogP contribution in [0, 0.1) is 11.8 Å². The molecule has 1 fully saturated rings. The van der Waals surface area contributed by atoms with E-state index < -0.39 is 0 Å². The summed E-state index contributed by atoms with van der Waals surface area (Å²) < 4.78 is 0.870. The molecule has 0 heterocycles. The van der Waals surface area contributed by atoms with Crippen molar-refractivity contribution in [2.75, 3.05) is 6.61 Å². The Morgan fingerprint density at radius 1 is 1.55 bits per heavy atom. The fourth-order valence-electron chi connectivity index (χ4n) is 2.00. The van der Waals surface area contributed by atoms with Crippen molar-refractivity contribution in [2.45, 2.75) is 36.5 Å². The summed E-state index contributed by atoms with van der Waals surface area (Å²) in [6.45, 7) is 2.64. The topological polar surface area (TPSA) is 20.2 Å². The van der Waals surface area contributed by atoms with Crippen molar-refractivity contribution in [3.05, 3.63) is 0 Å². The first kappa shape index (κ1) is 9.78. The first-order valence-corrected chi connectivity index (χ1v) is 5.75. The number of rotatable bonds is 3. The third kappa shape index (κ3) is 2.58. The van der Waals surface area contributed by atoms with E-state index in [4.69, 9.17) is 5.11 Å². The van der Waals surface area contributed by atoms with Crippen molar-refractivity contribution in [3.63, 3.8) is 0 Å². The standard InChI is InChI=1S/C9H17IO/c1-7(5-6-11)8-3-2-4-9(8)10/h7-9,11H,2-6H2,1H3. The van der Waals surface area contributed by atoms with E-state index in [2.05, 4.69) is 29.5 Å². The molecule has 1 rings (SSSR count). The molecule has 3 unspecified atom stereocenters. The number of hydrogen-bond donors (Lipinski definition) is 1. The first-order valence-electron chi connectivity index (χ1n) is 4.50. The molecule has 0 aliphatic heterocycles. The molecule has 0 spiro atoms. The molecule has 0 aromatic rings. The van der Waals surface area contributed by atoms with E-state index >= 15 is 0 Å². The maximum absolute atomic E-state index is 8.78. The summed E-state index contributed by atoms with van der Waals surface area (Å²) in [5.41, 5.74) is 0. The fourth-order valence-corrected chi connectivity index (χ4v) is 3.51. The minimum atomic E-state index is 0.362. The lowest BCUT2D eigenvalue weighted by atomic mass is 9.90. The highest BCUT2D eigenvalue weighted by Gasteiger charge is 2.28. The normalized spacial score (nSPS) is 34.1. The van der Waals surface area contributed by atoms with Crippen molar-refractivity contribution in [3.8, 4) is 0 Å². The molecule has 1 saturated carbocycles. The Morgan fingerprint density at radius 3 is 2.73 bits per heavy atom. The molecule has 11 heavy (non-hydrogen) atoms. The van der Waals surface area contributed by atoms with Gasteiger partial charge in [-0.2, -0.15) is 0 Å². The van der Waals surface area contributed by atoms with Crippen molar-refractivity contribution in [2.24, 2.45) is 11.8 Å². The van der Waals surface area contributed by atoms with Gasteiger partial charge in [0.05, 0.1) is 0 Å². The molecule has 0 radical (unpaired) electrons. The van der Waals surface area contributed by atoms with Gasteiger partial charge >= 0.3 is 0 Å². The van der Waals surface area contributed by atoms with Gasteiger partial charge in [-0.25, -0.2) is 0 Å². The molecule has 2 heteroatoms. The average Bonchev–Trinajstić information content (AvgIpc) is 2.36. The maximum atomic E-state index is 8.78. The lowest BCUT2D eigenvalue weighted by Gasteiger charge is -2.21. The summed E-state index contributed by atoms with van der Waals surface area (Å²) in [6.07, 6.45) is 5.16. The lowest BCUT2D eigenvalue weighted by Crippen LogP contribution is -2.17. The second-order valence-corrected chi connectivity index (χ2v) is 5.20. The molecular weight excluding hydrogens is 251 g/mol. The van der Waals surface area contributed by atoms with E-state index in [1.807, 2.05) is 0 Å². The van der Waals surface area contributed by atoms with Crippen LogP contribution in [0.3, 0.4) is 0 Å². The number of alkyl halides is 1. The van der Waals surface area contributed by atoms with Gasteiger partial charge in [-0.1, -0.05) is 35.9 Å². The van der Waals surface area contributed by atoms with Gasteiger partial charge in [-0.3, -0.25) is 0 Å². The predicted octanol–water partition coefficient (Wildman–Crippen LogP) is 2.61. The Balaban J connectivity index is 2.33. The zero-order chi connectivity index (χ0) is 8.27. The number of halogens is 1. The molecule has 0 amide bonds. The molecule has 1 aliphatic carbocycles. The molecule has 1 nitrogen and oxygen atoms in total. The van der Waals surface area contributed by atoms with Crippen molar-refractivity contribution in [1.29, 1.82) is 0 Å². The van der Waals surface area contributed by atoms with Gasteiger partial charge in [0, 0.05) is 10.5 Å². The number of aliphatic hydroxyl groups is 1. The van der Waals surface area contributed by atoms with Crippen LogP contribution < -0.4 is 0 Å². The van der Waals surface area contributed by atoms with Gasteiger partial charge in [-0.15, -0.1) is 0 Å². The molecular formula is C9H17IO. The van der Waals surface area contributed by atoms with Crippen molar-refractivity contribution < 1.29 is 5.11 Å². The molecule has 0 bridgehead atoms. The Morgan fingerprint density at radius 2 is 2.27 bits per heavy atom. The van der Waals surface area contributed by atoms with Crippen LogP contribution >= 0.6 is 22.6 Å². The van der Waals surface area contributed by atoms with Gasteiger partial charge < -0.3 is 5.11 Å². The Hall–Kier alpha value is 0.690. The average molecular weight is 268 g/mol. The Kier molecular flexibility index (Phi) is 4.13. The highest BCUT2D eigenvalue weighted by atomic mass is 127. The SMILES string of the molecule is CC(CCO)C1CCCC1I. The molecule has 0 aromatic carbocycles. The van der Waals surface area contributed by atoms with Crippen LogP contribution in [0.2, 0.25) is 0 Å². The highest BCUT2D eigenvalue weighted by molar-refractivity contribution is 14.1. The van der Waals surface area contributed by atoms with Crippen LogP contribution in [-0.2, 0) is 0 Å². The van der Waals surface area contributed by atoms with Crippen LogP contribution in [0.1, 0.15) is 32.6 Å². The summed E-state index contributed by atoms with van der Waals surface area (Å²) in [5.74, 6) is 1.60. The fraction of sp³-hybridized carbons (Fsp3) is 1.00. The Labute approximate surface area is 82.7 Å². The van der Waals surface area contributed by atoms with Crippen LogP contribution in [0.25, 0.3) is 0 Å². The van der Waals surface area contributed by atoms with E-state index in [-0.39, 0.29) is 0 Å². The van der Waals surface area contributed by atoms with Gasteiger partial charge in [0.1, 0.15) is 0 Å². The lowest BCUT2D eigenvalue weighted by molar-refractivity contribution is 0.233. The third-order valence-corrected chi connectivity index (χ3v) is 4.34. The van der Waals surface area contributed by atoms with Crippen LogP contribution in [-0.4, -0.2) is 15.6 Å². The predicted molar refractivity (Wildman–Crippen MR) is 56.0 cm³/mol. The minimum Gasteiger partial charge on any atom is -0.396 e. The molecule has 3 atom stereocenters. The zero-order valence-electron chi connectivity index (χ0n) is 7.09. The van der Waals surface area contributed by atoms with E-state index in [1.54, 1.807) is 0 Å². The summed E-state index contributed by atoms with van der Waals surface area (Å²) in [4.78, 5) is 0. The van der Waals surface area contributed by atoms with Gasteiger partial charge in [0.2, 0.25) is 0 Å². The van der Waals surface area contributed by atoms with E-state index in [0.717, 1.165) is 22.2 Å². The van der Waals surface area contributed by atoms with E-state index in [1.165, 1.54) is 19.3 Å². The van der Waals surface area contributed by atoms with Crippen LogP contribution in [0.4, 0.5) is 0 Å². The molecule has 66 valence electrons. The maximum Gasteiger partial charge on any atom is 0.0433 e. The minimum absolute atomic E-state index is 0.362. The van der Waals surface area contributed by atoms with Crippen LogP contribution in [0.15, 0.2) is 0 Å². The zero-order valence-corrected chi connectivity index (χ0v) is 9.25. The summed E-state index contributed by atoms with van der Waals surface area (Å²) in [7, 11) is 0. The molecule has 0 saturated heterocycles. The van der Waals surface area contributed by atoms with Crippen molar-refractivity contribution in [1.82, 2.24) is 0 Å². The highest BCUT2D eigenvalue weighted by Crippen LogP contribution is 2.37. The Bertz CT molecular complexity index is 116.